The Morgan fingerprint density at radius 3 is 2.67 bits per heavy atom. The predicted molar refractivity (Wildman–Crippen MR) is 74.3 cm³/mol. The largest absolute Gasteiger partial charge is 0.506 e. The lowest BCUT2D eigenvalue weighted by molar-refractivity contribution is 0.481. The Balaban J connectivity index is 2.37. The number of H-pyrrole nitrogens is 1. The van der Waals surface area contributed by atoms with Crippen LogP contribution in [-0.2, 0) is 0 Å². The Bertz CT molecular complexity index is 772. The van der Waals surface area contributed by atoms with Crippen molar-refractivity contribution in [2.75, 3.05) is 0 Å². The molecular weight excluding hydrogens is 246 g/mol. The highest BCUT2D eigenvalue weighted by Crippen LogP contribution is 2.39. The van der Waals surface area contributed by atoms with E-state index >= 15 is 0 Å². The molecule has 3 rings (SSSR count). The van der Waals surface area contributed by atoms with Crippen molar-refractivity contribution in [2.24, 2.45) is 0 Å². The van der Waals surface area contributed by atoms with Gasteiger partial charge in [-0.15, -0.1) is 11.3 Å². The lowest BCUT2D eigenvalue weighted by atomic mass is 10.1. The van der Waals surface area contributed by atoms with E-state index in [-0.39, 0.29) is 11.3 Å². The first-order chi connectivity index (χ1) is 8.66. The smallest absolute Gasteiger partial charge is 0.252 e. The number of aromatic amines is 1. The Kier molecular flexibility index (Phi) is 2.45. The van der Waals surface area contributed by atoms with Crippen molar-refractivity contribution in [2.45, 2.75) is 6.92 Å². The Morgan fingerprint density at radius 1 is 1.22 bits per heavy atom. The topological polar surface area (TPSA) is 53.1 Å². The van der Waals surface area contributed by atoms with Crippen molar-refractivity contribution in [3.8, 4) is 16.2 Å². The number of rotatable bonds is 1. The summed E-state index contributed by atoms with van der Waals surface area (Å²) in [4.78, 5) is 15.2. The number of aryl methyl sites for hydroxylation is 1. The Hall–Kier alpha value is -2.07. The molecule has 2 aromatic heterocycles. The molecule has 3 nitrogen and oxygen atoms in total. The van der Waals surface area contributed by atoms with Gasteiger partial charge in [0.05, 0.1) is 10.2 Å². The van der Waals surface area contributed by atoms with Gasteiger partial charge >= 0.3 is 0 Å². The first-order valence-electron chi connectivity index (χ1n) is 5.57. The standard InChI is InChI=1S/C14H11NO2S/c1-8-12-14(10(16)7-11(17)15-12)18-13(8)9-5-3-2-4-6-9/h2-7H,1H3,(H2,15,16,17). The number of thiophene rings is 1. The van der Waals surface area contributed by atoms with E-state index in [2.05, 4.69) is 4.98 Å². The second-order valence-corrected chi connectivity index (χ2v) is 5.17. The van der Waals surface area contributed by atoms with Gasteiger partial charge in [0.2, 0.25) is 0 Å². The molecule has 0 aliphatic heterocycles. The van der Waals surface area contributed by atoms with Crippen LogP contribution in [0.5, 0.6) is 5.75 Å². The van der Waals surface area contributed by atoms with Crippen molar-refractivity contribution in [1.82, 2.24) is 4.98 Å². The maximum absolute atomic E-state index is 11.4. The fourth-order valence-electron chi connectivity index (χ4n) is 2.06. The number of hydrogen-bond donors (Lipinski definition) is 2. The fraction of sp³-hybridized carbons (Fsp3) is 0.0714. The molecule has 4 heteroatoms. The summed E-state index contributed by atoms with van der Waals surface area (Å²) in [7, 11) is 0. The van der Waals surface area contributed by atoms with Crippen LogP contribution in [0.15, 0.2) is 41.2 Å². The molecule has 0 fully saturated rings. The number of aromatic hydroxyl groups is 1. The van der Waals surface area contributed by atoms with E-state index in [0.29, 0.717) is 0 Å². The first-order valence-corrected chi connectivity index (χ1v) is 6.39. The summed E-state index contributed by atoms with van der Waals surface area (Å²) in [5.74, 6) is 0.0454. The molecule has 0 spiro atoms. The fourth-order valence-corrected chi connectivity index (χ4v) is 3.24. The van der Waals surface area contributed by atoms with Crippen LogP contribution < -0.4 is 5.56 Å². The summed E-state index contributed by atoms with van der Waals surface area (Å²) in [5.41, 5.74) is 2.54. The van der Waals surface area contributed by atoms with Crippen molar-refractivity contribution in [1.29, 1.82) is 0 Å². The van der Waals surface area contributed by atoms with Gasteiger partial charge in [0, 0.05) is 10.9 Å². The minimum absolute atomic E-state index is 0.0454. The molecule has 0 saturated carbocycles. The number of aromatic nitrogens is 1. The van der Waals surface area contributed by atoms with Crippen molar-refractivity contribution >= 4 is 21.6 Å². The summed E-state index contributed by atoms with van der Waals surface area (Å²) in [6, 6.07) is 11.2. The van der Waals surface area contributed by atoms with E-state index in [4.69, 9.17) is 0 Å². The van der Waals surface area contributed by atoms with Gasteiger partial charge in [-0.1, -0.05) is 30.3 Å². The van der Waals surface area contributed by atoms with E-state index in [1.165, 1.54) is 17.4 Å². The maximum Gasteiger partial charge on any atom is 0.252 e. The van der Waals surface area contributed by atoms with Crippen LogP contribution in [0, 0.1) is 6.92 Å². The second-order valence-electron chi connectivity index (χ2n) is 4.15. The van der Waals surface area contributed by atoms with Crippen LogP contribution in [-0.4, -0.2) is 10.1 Å². The maximum atomic E-state index is 11.4. The Labute approximate surface area is 107 Å². The summed E-state index contributed by atoms with van der Waals surface area (Å²) in [5, 5.41) is 9.83. The van der Waals surface area contributed by atoms with Crippen molar-refractivity contribution in [3.05, 3.63) is 52.3 Å². The molecule has 18 heavy (non-hydrogen) atoms. The molecule has 0 radical (unpaired) electrons. The first kappa shape index (κ1) is 11.0. The lowest BCUT2D eigenvalue weighted by Gasteiger charge is -1.98. The SMILES string of the molecule is Cc1c(-c2ccccc2)sc2c(O)cc(=O)[nH]c12. The number of fused-ring (bicyclic) bond motifs is 1. The number of hydrogen-bond acceptors (Lipinski definition) is 3. The molecule has 0 atom stereocenters. The van der Waals surface area contributed by atoms with Crippen LogP contribution in [0.1, 0.15) is 5.56 Å². The molecular formula is C14H11NO2S. The zero-order valence-corrected chi connectivity index (χ0v) is 10.5. The highest BCUT2D eigenvalue weighted by Gasteiger charge is 2.13. The molecule has 0 aliphatic rings. The normalized spacial score (nSPS) is 10.9. The zero-order valence-electron chi connectivity index (χ0n) is 9.73. The molecule has 2 N–H and O–H groups in total. The van der Waals surface area contributed by atoms with Gasteiger partial charge in [-0.25, -0.2) is 0 Å². The van der Waals surface area contributed by atoms with Crippen molar-refractivity contribution < 1.29 is 5.11 Å². The van der Waals surface area contributed by atoms with E-state index in [1.807, 2.05) is 37.3 Å². The molecule has 0 saturated heterocycles. The third kappa shape index (κ3) is 1.62. The number of nitrogens with one attached hydrogen (secondary N) is 1. The van der Waals surface area contributed by atoms with Gasteiger partial charge in [-0.05, 0) is 18.1 Å². The predicted octanol–water partition coefficient (Wildman–Crippen LogP) is 3.27. The quantitative estimate of drug-likeness (QED) is 0.703. The highest BCUT2D eigenvalue weighted by atomic mass is 32.1. The minimum Gasteiger partial charge on any atom is -0.506 e. The zero-order chi connectivity index (χ0) is 12.7. The molecule has 90 valence electrons. The second kappa shape index (κ2) is 3.99. The number of benzene rings is 1. The van der Waals surface area contributed by atoms with Gasteiger partial charge in [0.25, 0.3) is 5.56 Å². The van der Waals surface area contributed by atoms with Crippen LogP contribution in [0.3, 0.4) is 0 Å². The van der Waals surface area contributed by atoms with Crippen LogP contribution >= 0.6 is 11.3 Å². The van der Waals surface area contributed by atoms with E-state index in [9.17, 15) is 9.90 Å². The molecule has 0 unspecified atom stereocenters. The lowest BCUT2D eigenvalue weighted by Crippen LogP contribution is -2.02. The molecule has 0 aliphatic carbocycles. The molecule has 1 aromatic carbocycles. The van der Waals surface area contributed by atoms with E-state index in [0.717, 1.165) is 26.2 Å². The van der Waals surface area contributed by atoms with Crippen LogP contribution in [0.4, 0.5) is 0 Å². The average Bonchev–Trinajstić information content (AvgIpc) is 2.69. The van der Waals surface area contributed by atoms with Gasteiger partial charge in [-0.2, -0.15) is 0 Å². The average molecular weight is 257 g/mol. The molecule has 0 amide bonds. The minimum atomic E-state index is -0.277. The van der Waals surface area contributed by atoms with Gasteiger partial charge in [-0.3, -0.25) is 4.79 Å². The molecule has 0 bridgehead atoms. The van der Waals surface area contributed by atoms with Crippen LogP contribution in [0.2, 0.25) is 0 Å². The van der Waals surface area contributed by atoms with E-state index in [1.54, 1.807) is 0 Å². The monoisotopic (exact) mass is 257 g/mol. The molecule has 2 heterocycles. The number of pyridine rings is 1. The van der Waals surface area contributed by atoms with Gasteiger partial charge < -0.3 is 10.1 Å². The third-order valence-electron chi connectivity index (χ3n) is 2.93. The van der Waals surface area contributed by atoms with Gasteiger partial charge in [0.15, 0.2) is 0 Å². The molecule has 3 aromatic rings. The summed E-state index contributed by atoms with van der Waals surface area (Å²) >= 11 is 1.49. The summed E-state index contributed by atoms with van der Waals surface area (Å²) in [6.45, 7) is 1.95. The Morgan fingerprint density at radius 2 is 1.94 bits per heavy atom. The highest BCUT2D eigenvalue weighted by molar-refractivity contribution is 7.22. The van der Waals surface area contributed by atoms with Crippen LogP contribution in [0.25, 0.3) is 20.7 Å². The van der Waals surface area contributed by atoms with Gasteiger partial charge in [0.1, 0.15) is 5.75 Å². The van der Waals surface area contributed by atoms with Crippen molar-refractivity contribution in [3.63, 3.8) is 0 Å². The van der Waals surface area contributed by atoms with E-state index < -0.39 is 0 Å². The summed E-state index contributed by atoms with van der Waals surface area (Å²) in [6.07, 6.45) is 0. The summed E-state index contributed by atoms with van der Waals surface area (Å²) < 4.78 is 0.728. The third-order valence-corrected chi connectivity index (χ3v) is 4.29.